The third kappa shape index (κ3) is 29.8. The van der Waals surface area contributed by atoms with Crippen LogP contribution in [-0.2, 0) is 38.0 Å². The summed E-state index contributed by atoms with van der Waals surface area (Å²) < 4.78 is 36.0. The molecule has 0 aromatic carbocycles. The fourth-order valence-electron chi connectivity index (χ4n) is 11.8. The summed E-state index contributed by atoms with van der Waals surface area (Å²) in [6.45, 7) is 5.38. The number of ether oxygens (including phenoxy) is 6. The molecule has 484 valence electrons. The highest BCUT2D eigenvalue weighted by atomic mass is 16.7. The minimum Gasteiger partial charge on any atom is -0.394 e. The van der Waals surface area contributed by atoms with E-state index in [9.17, 15) is 55.5 Å². The monoisotopic (exact) mass is 1180 g/mol. The number of carbonyl (C=O) groups is 2. The van der Waals surface area contributed by atoms with Gasteiger partial charge < -0.3 is 85.0 Å². The van der Waals surface area contributed by atoms with Crippen molar-refractivity contribution in [2.45, 2.75) is 357 Å². The Balaban J connectivity index is 1.51. The Hall–Kier alpha value is -1.66. The summed E-state index contributed by atoms with van der Waals surface area (Å²) in [4.78, 5) is 26.1. The molecule has 3 aliphatic rings. The number of hydrogen-bond acceptors (Lipinski definition) is 17. The van der Waals surface area contributed by atoms with Gasteiger partial charge in [-0.1, -0.05) is 226 Å². The molecule has 3 aliphatic heterocycles. The van der Waals surface area contributed by atoms with Crippen molar-refractivity contribution in [2.24, 2.45) is 5.92 Å². The van der Waals surface area contributed by atoms with E-state index in [1.54, 1.807) is 6.92 Å². The van der Waals surface area contributed by atoms with Crippen molar-refractivity contribution in [1.29, 1.82) is 0 Å². The van der Waals surface area contributed by atoms with Crippen LogP contribution in [0.4, 0.5) is 0 Å². The van der Waals surface area contributed by atoms with E-state index in [4.69, 9.17) is 28.4 Å². The lowest BCUT2D eigenvalue weighted by Crippen LogP contribution is -2.67. The van der Waals surface area contributed by atoms with Crippen LogP contribution >= 0.6 is 0 Å². The van der Waals surface area contributed by atoms with Gasteiger partial charge in [-0.2, -0.15) is 0 Å². The number of nitrogens with one attached hydrogen (secondary N) is 2. The van der Waals surface area contributed by atoms with Crippen molar-refractivity contribution >= 4 is 11.8 Å². The summed E-state index contributed by atoms with van der Waals surface area (Å²) in [6.07, 6.45) is 21.5. The first-order valence-corrected chi connectivity index (χ1v) is 33.1. The van der Waals surface area contributed by atoms with Gasteiger partial charge in [0.1, 0.15) is 61.0 Å². The largest absolute Gasteiger partial charge is 0.394 e. The van der Waals surface area contributed by atoms with E-state index in [1.165, 1.54) is 174 Å². The average Bonchev–Trinajstić information content (AvgIpc) is 3.52. The zero-order valence-corrected chi connectivity index (χ0v) is 51.4. The molecule has 6 unspecified atom stereocenters. The molecular weight excluding hydrogens is 1060 g/mol. The Morgan fingerprint density at radius 2 is 1.02 bits per heavy atom. The summed E-state index contributed by atoms with van der Waals surface area (Å²) in [7, 11) is 0. The number of aliphatic hydroxyl groups excluding tert-OH is 9. The lowest BCUT2D eigenvalue weighted by atomic mass is 9.87. The number of aliphatic hydroxyl groups is 9. The first kappa shape index (κ1) is 74.6. The van der Waals surface area contributed by atoms with Gasteiger partial charge in [-0.3, -0.25) is 9.59 Å². The molecule has 0 aromatic heterocycles. The fraction of sp³-hybridized carbons (Fsp3) is 0.968. The molecule has 3 heterocycles. The van der Waals surface area contributed by atoms with Gasteiger partial charge in [0.2, 0.25) is 11.8 Å². The Morgan fingerprint density at radius 3 is 1.49 bits per heavy atom. The van der Waals surface area contributed by atoms with Gasteiger partial charge in [0, 0.05) is 25.7 Å². The summed E-state index contributed by atoms with van der Waals surface area (Å²) in [5.41, 5.74) is 0. The molecule has 2 amide bonds. The standard InChI is InChI=1S/C63H120N2O17/c1-5-7-9-11-13-15-17-19-20-21-22-23-24-25-26-27-29-31-33-35-37-39-52(71)65-47(38-36-34-32-30-28-18-16-14-12-10-8-6-2)43-78-62-54(64-46(4)68)57(74)61(50(42-67)79-62)82-63-59(76)58(75)56(73)51(80-63)44-77-53-40-48(69)45(3)60(81-53)55(72)49(70)41-66/h45,47-51,53-63,66-67,69-70,72-76H,5-44H2,1-4H3,(H,64,68)(H,65,71)/t45-,47?,48-,49-,50?,51?,53+,54?,55-,56+,57-,58+,59?,60?,61-,62-,63+/m1/s1. The number of amides is 2. The molecule has 11 N–H and O–H groups in total. The predicted molar refractivity (Wildman–Crippen MR) is 315 cm³/mol. The van der Waals surface area contributed by atoms with Crippen molar-refractivity contribution in [3.8, 4) is 0 Å². The molecule has 0 radical (unpaired) electrons. The van der Waals surface area contributed by atoms with Crippen LogP contribution in [0.5, 0.6) is 0 Å². The van der Waals surface area contributed by atoms with Crippen molar-refractivity contribution in [3.63, 3.8) is 0 Å². The van der Waals surface area contributed by atoms with Crippen LogP contribution in [0.3, 0.4) is 0 Å². The third-order valence-electron chi connectivity index (χ3n) is 17.2. The minimum absolute atomic E-state index is 0.0151. The van der Waals surface area contributed by atoms with Crippen LogP contribution in [0.15, 0.2) is 0 Å². The van der Waals surface area contributed by atoms with Gasteiger partial charge in [-0.05, 0) is 12.8 Å². The van der Waals surface area contributed by atoms with E-state index in [2.05, 4.69) is 24.5 Å². The van der Waals surface area contributed by atoms with Crippen molar-refractivity contribution in [2.75, 3.05) is 26.4 Å². The van der Waals surface area contributed by atoms with E-state index < -0.39 is 130 Å². The van der Waals surface area contributed by atoms with Gasteiger partial charge in [0.05, 0.1) is 44.7 Å². The first-order chi connectivity index (χ1) is 39.7. The van der Waals surface area contributed by atoms with Crippen LogP contribution < -0.4 is 10.6 Å². The van der Waals surface area contributed by atoms with Crippen molar-refractivity contribution in [1.82, 2.24) is 10.6 Å². The Bertz CT molecular complexity index is 1570. The highest BCUT2D eigenvalue weighted by Gasteiger charge is 2.52. The molecule has 3 fully saturated rings. The van der Waals surface area contributed by atoms with Crippen molar-refractivity contribution in [3.05, 3.63) is 0 Å². The van der Waals surface area contributed by atoms with E-state index in [-0.39, 0.29) is 18.9 Å². The quantitative estimate of drug-likeness (QED) is 0.0259. The minimum atomic E-state index is -1.88. The molecule has 0 bridgehead atoms. The molecule has 82 heavy (non-hydrogen) atoms. The Labute approximate surface area is 494 Å². The highest BCUT2D eigenvalue weighted by molar-refractivity contribution is 5.76. The second kappa shape index (κ2) is 45.6. The number of unbranched alkanes of at least 4 members (excludes halogenated alkanes) is 31. The summed E-state index contributed by atoms with van der Waals surface area (Å²) in [6, 6.07) is -1.68. The maximum absolute atomic E-state index is 13.5. The molecule has 19 nitrogen and oxygen atoms in total. The maximum Gasteiger partial charge on any atom is 0.220 e. The van der Waals surface area contributed by atoms with E-state index in [1.807, 2.05) is 0 Å². The summed E-state index contributed by atoms with van der Waals surface area (Å²) in [5.74, 6) is -1.26. The Morgan fingerprint density at radius 1 is 0.561 bits per heavy atom. The lowest BCUT2D eigenvalue weighted by Gasteiger charge is -2.47. The normalized spacial score (nSPS) is 28.9. The molecule has 0 aliphatic carbocycles. The lowest BCUT2D eigenvalue weighted by molar-refractivity contribution is -0.353. The fourth-order valence-corrected chi connectivity index (χ4v) is 11.8. The zero-order valence-electron chi connectivity index (χ0n) is 51.4. The third-order valence-corrected chi connectivity index (χ3v) is 17.2. The van der Waals surface area contributed by atoms with Crippen LogP contribution in [0.2, 0.25) is 0 Å². The highest BCUT2D eigenvalue weighted by Crippen LogP contribution is 2.33. The SMILES string of the molecule is CCCCCCCCCCCCCCCCCCCCCCCC(=O)NC(CCCCCCCCCCCCCC)CO[C@@H]1OC(CO)[C@@H](O[C@@H]2OC(CO[C@@H]3C[C@@H](O)[C@@H](C)C([C@H](O)[C@H](O)CO)O3)[C@H](O)[C@H](O)C2O)[C@H](O)C1NC(C)=O. The molecule has 19 heteroatoms. The van der Waals surface area contributed by atoms with Gasteiger partial charge in [0.15, 0.2) is 18.9 Å². The summed E-state index contributed by atoms with van der Waals surface area (Å²) >= 11 is 0. The Kier molecular flexibility index (Phi) is 41.5. The van der Waals surface area contributed by atoms with Gasteiger partial charge in [0.25, 0.3) is 0 Å². The maximum atomic E-state index is 13.5. The molecule has 0 aromatic rings. The summed E-state index contributed by atoms with van der Waals surface area (Å²) in [5, 5.41) is 102. The molecule has 3 rings (SSSR count). The number of carbonyl (C=O) groups excluding carboxylic acids is 2. The average molecular weight is 1180 g/mol. The second-order valence-corrected chi connectivity index (χ2v) is 24.4. The van der Waals surface area contributed by atoms with Gasteiger partial charge >= 0.3 is 0 Å². The first-order valence-electron chi connectivity index (χ1n) is 33.1. The molecule has 0 spiro atoms. The number of hydrogen-bond donors (Lipinski definition) is 11. The predicted octanol–water partition coefficient (Wildman–Crippen LogP) is 7.80. The van der Waals surface area contributed by atoms with E-state index >= 15 is 0 Å². The van der Waals surface area contributed by atoms with Crippen LogP contribution in [-0.4, -0.2) is 182 Å². The molecular formula is C63H120N2O17. The van der Waals surface area contributed by atoms with E-state index in [0.29, 0.717) is 12.8 Å². The van der Waals surface area contributed by atoms with Crippen LogP contribution in [0.1, 0.15) is 259 Å². The smallest absolute Gasteiger partial charge is 0.220 e. The molecule has 0 saturated carbocycles. The topological polar surface area (TPSA) is 296 Å². The van der Waals surface area contributed by atoms with Crippen molar-refractivity contribution < 1.29 is 84.0 Å². The molecule has 3 saturated heterocycles. The van der Waals surface area contributed by atoms with Crippen LogP contribution in [0, 0.1) is 5.92 Å². The zero-order chi connectivity index (χ0) is 59.9. The van der Waals surface area contributed by atoms with Gasteiger partial charge in [-0.15, -0.1) is 0 Å². The van der Waals surface area contributed by atoms with E-state index in [0.717, 1.165) is 44.9 Å². The molecule has 17 atom stereocenters. The van der Waals surface area contributed by atoms with Crippen LogP contribution in [0.25, 0.3) is 0 Å². The second-order valence-electron chi connectivity index (χ2n) is 24.4. The van der Waals surface area contributed by atoms with Gasteiger partial charge in [-0.25, -0.2) is 0 Å². The number of rotatable bonds is 49.